The summed E-state index contributed by atoms with van der Waals surface area (Å²) in [6.45, 7) is 3.80. The van der Waals surface area contributed by atoms with Crippen molar-refractivity contribution in [2.45, 2.75) is 25.7 Å². The summed E-state index contributed by atoms with van der Waals surface area (Å²) in [4.78, 5) is 18.4. The molecule has 1 aliphatic heterocycles. The second-order valence-corrected chi connectivity index (χ2v) is 6.47. The molecule has 0 aliphatic carbocycles. The Labute approximate surface area is 146 Å². The molecular formula is C17H21ClN4O2. The van der Waals surface area contributed by atoms with Gasteiger partial charge in [-0.3, -0.25) is 4.79 Å². The Morgan fingerprint density at radius 2 is 2.25 bits per heavy atom. The SMILES string of the molecule is COCCN1C[C@H](c2ncnn2-c2ccc(Cl)cc2C)CCC1=O. The number of rotatable bonds is 5. The van der Waals surface area contributed by atoms with Gasteiger partial charge in [0, 0.05) is 37.6 Å². The van der Waals surface area contributed by atoms with E-state index in [2.05, 4.69) is 10.1 Å². The number of hydrogen-bond donors (Lipinski definition) is 0. The van der Waals surface area contributed by atoms with Gasteiger partial charge in [0.05, 0.1) is 12.3 Å². The average molecular weight is 349 g/mol. The van der Waals surface area contributed by atoms with Gasteiger partial charge < -0.3 is 9.64 Å². The first-order chi connectivity index (χ1) is 11.6. The molecular weight excluding hydrogens is 328 g/mol. The molecule has 1 amide bonds. The average Bonchev–Trinajstić information content (AvgIpc) is 3.03. The van der Waals surface area contributed by atoms with Crippen LogP contribution in [-0.4, -0.2) is 52.4 Å². The minimum atomic E-state index is 0.164. The van der Waals surface area contributed by atoms with E-state index in [0.717, 1.165) is 23.5 Å². The number of aromatic nitrogens is 3. The highest BCUT2D eigenvalue weighted by atomic mass is 35.5. The fourth-order valence-corrected chi connectivity index (χ4v) is 3.34. The van der Waals surface area contributed by atoms with Crippen molar-refractivity contribution in [3.8, 4) is 5.69 Å². The van der Waals surface area contributed by atoms with Gasteiger partial charge in [0.1, 0.15) is 12.2 Å². The maximum atomic E-state index is 12.1. The number of carbonyl (C=O) groups is 1. The highest BCUT2D eigenvalue weighted by molar-refractivity contribution is 6.30. The second-order valence-electron chi connectivity index (χ2n) is 6.03. The number of benzene rings is 1. The van der Waals surface area contributed by atoms with Gasteiger partial charge in [0.15, 0.2) is 0 Å². The number of aryl methyl sites for hydroxylation is 1. The molecule has 0 saturated carbocycles. The smallest absolute Gasteiger partial charge is 0.222 e. The van der Waals surface area contributed by atoms with Crippen molar-refractivity contribution >= 4 is 17.5 Å². The van der Waals surface area contributed by atoms with Crippen LogP contribution >= 0.6 is 11.6 Å². The Bertz CT molecular complexity index is 731. The van der Waals surface area contributed by atoms with Crippen molar-refractivity contribution in [2.75, 3.05) is 26.8 Å². The first-order valence-electron chi connectivity index (χ1n) is 8.03. The van der Waals surface area contributed by atoms with E-state index in [1.807, 2.05) is 34.7 Å². The number of halogens is 1. The van der Waals surface area contributed by atoms with E-state index >= 15 is 0 Å². The molecule has 128 valence electrons. The standard InChI is InChI=1S/C17H21ClN4O2/c1-12-9-14(18)4-5-15(12)22-17(19-11-20-22)13-3-6-16(23)21(10-13)7-8-24-2/h4-5,9,11,13H,3,6-8,10H2,1-2H3/t13-/m1/s1. The summed E-state index contributed by atoms with van der Waals surface area (Å²) in [6, 6.07) is 5.72. The molecule has 2 aromatic rings. The van der Waals surface area contributed by atoms with Gasteiger partial charge in [0.25, 0.3) is 0 Å². The first kappa shape index (κ1) is 16.9. The number of nitrogens with zero attached hydrogens (tertiary/aromatic N) is 4. The van der Waals surface area contributed by atoms with Crippen LogP contribution in [0.2, 0.25) is 5.02 Å². The maximum absolute atomic E-state index is 12.1. The zero-order valence-electron chi connectivity index (χ0n) is 13.9. The van der Waals surface area contributed by atoms with E-state index in [9.17, 15) is 4.79 Å². The van der Waals surface area contributed by atoms with E-state index < -0.39 is 0 Å². The van der Waals surface area contributed by atoms with Crippen molar-refractivity contribution in [2.24, 2.45) is 0 Å². The van der Waals surface area contributed by atoms with Crippen LogP contribution < -0.4 is 0 Å². The predicted octanol–water partition coefficient (Wildman–Crippen LogP) is 2.58. The van der Waals surface area contributed by atoms with Crippen LogP contribution in [0.4, 0.5) is 0 Å². The molecule has 0 bridgehead atoms. The predicted molar refractivity (Wildman–Crippen MR) is 91.5 cm³/mol. The van der Waals surface area contributed by atoms with E-state index in [-0.39, 0.29) is 11.8 Å². The zero-order chi connectivity index (χ0) is 17.1. The zero-order valence-corrected chi connectivity index (χ0v) is 14.7. The lowest BCUT2D eigenvalue weighted by Gasteiger charge is -2.32. The lowest BCUT2D eigenvalue weighted by molar-refractivity contribution is -0.134. The largest absolute Gasteiger partial charge is 0.383 e. The summed E-state index contributed by atoms with van der Waals surface area (Å²) in [5, 5.41) is 5.09. The Hall–Kier alpha value is -1.92. The molecule has 0 N–H and O–H groups in total. The van der Waals surface area contributed by atoms with Crippen LogP contribution in [-0.2, 0) is 9.53 Å². The summed E-state index contributed by atoms with van der Waals surface area (Å²) in [5.41, 5.74) is 2.00. The van der Waals surface area contributed by atoms with Crippen molar-refractivity contribution in [1.29, 1.82) is 0 Å². The lowest BCUT2D eigenvalue weighted by Crippen LogP contribution is -2.41. The van der Waals surface area contributed by atoms with Crippen molar-refractivity contribution < 1.29 is 9.53 Å². The number of amides is 1. The van der Waals surface area contributed by atoms with Gasteiger partial charge in [-0.15, -0.1) is 0 Å². The van der Waals surface area contributed by atoms with Crippen LogP contribution in [0, 0.1) is 6.92 Å². The Morgan fingerprint density at radius 3 is 3.00 bits per heavy atom. The summed E-state index contributed by atoms with van der Waals surface area (Å²) >= 11 is 6.05. The number of carbonyl (C=O) groups excluding carboxylic acids is 1. The fourth-order valence-electron chi connectivity index (χ4n) is 3.11. The van der Waals surface area contributed by atoms with E-state index in [1.54, 1.807) is 13.4 Å². The first-order valence-corrected chi connectivity index (χ1v) is 8.41. The Morgan fingerprint density at radius 1 is 1.42 bits per heavy atom. The highest BCUT2D eigenvalue weighted by Crippen LogP contribution is 2.28. The van der Waals surface area contributed by atoms with E-state index in [4.69, 9.17) is 16.3 Å². The highest BCUT2D eigenvalue weighted by Gasteiger charge is 2.29. The number of methoxy groups -OCH3 is 1. The molecule has 1 aromatic carbocycles. The molecule has 1 saturated heterocycles. The van der Waals surface area contributed by atoms with Gasteiger partial charge in [0.2, 0.25) is 5.91 Å². The molecule has 0 radical (unpaired) electrons. The Kier molecular flexibility index (Phi) is 5.16. The monoisotopic (exact) mass is 348 g/mol. The molecule has 1 atom stereocenters. The normalized spacial score (nSPS) is 18.2. The summed E-state index contributed by atoms with van der Waals surface area (Å²) < 4.78 is 6.96. The van der Waals surface area contributed by atoms with Gasteiger partial charge >= 0.3 is 0 Å². The second kappa shape index (κ2) is 7.32. The minimum Gasteiger partial charge on any atom is -0.383 e. The number of hydrogen-bond acceptors (Lipinski definition) is 4. The quantitative estimate of drug-likeness (QED) is 0.833. The number of likely N-dealkylation sites (tertiary alicyclic amines) is 1. The van der Waals surface area contributed by atoms with Gasteiger partial charge in [-0.05, 0) is 37.1 Å². The third kappa shape index (κ3) is 3.44. The van der Waals surface area contributed by atoms with Crippen molar-refractivity contribution in [3.63, 3.8) is 0 Å². The molecule has 0 unspecified atom stereocenters. The van der Waals surface area contributed by atoms with E-state index in [1.165, 1.54) is 0 Å². The fraction of sp³-hybridized carbons (Fsp3) is 0.471. The Balaban J connectivity index is 1.86. The molecule has 7 heteroatoms. The van der Waals surface area contributed by atoms with Crippen molar-refractivity contribution in [3.05, 3.63) is 40.9 Å². The van der Waals surface area contributed by atoms with Crippen LogP contribution in [0.3, 0.4) is 0 Å². The topological polar surface area (TPSA) is 60.2 Å². The van der Waals surface area contributed by atoms with E-state index in [0.29, 0.717) is 31.1 Å². The van der Waals surface area contributed by atoms with Crippen LogP contribution in [0.15, 0.2) is 24.5 Å². The van der Waals surface area contributed by atoms with Gasteiger partial charge in [-0.2, -0.15) is 5.10 Å². The van der Waals surface area contributed by atoms with Gasteiger partial charge in [-0.1, -0.05) is 11.6 Å². The van der Waals surface area contributed by atoms with Crippen LogP contribution in [0.5, 0.6) is 0 Å². The maximum Gasteiger partial charge on any atom is 0.222 e. The van der Waals surface area contributed by atoms with Crippen LogP contribution in [0.25, 0.3) is 5.69 Å². The molecule has 6 nitrogen and oxygen atoms in total. The lowest BCUT2D eigenvalue weighted by atomic mass is 9.96. The molecule has 1 fully saturated rings. The molecule has 2 heterocycles. The molecule has 1 aromatic heterocycles. The minimum absolute atomic E-state index is 0.164. The molecule has 0 spiro atoms. The summed E-state index contributed by atoms with van der Waals surface area (Å²) in [6.07, 6.45) is 2.88. The van der Waals surface area contributed by atoms with Crippen LogP contribution in [0.1, 0.15) is 30.1 Å². The summed E-state index contributed by atoms with van der Waals surface area (Å²) in [5.74, 6) is 1.23. The third-order valence-electron chi connectivity index (χ3n) is 4.39. The molecule has 1 aliphatic rings. The van der Waals surface area contributed by atoms with Gasteiger partial charge in [-0.25, -0.2) is 9.67 Å². The molecule has 3 rings (SSSR count). The third-order valence-corrected chi connectivity index (χ3v) is 4.63. The molecule has 24 heavy (non-hydrogen) atoms. The van der Waals surface area contributed by atoms with Crippen molar-refractivity contribution in [1.82, 2.24) is 19.7 Å². The number of piperidine rings is 1. The number of ether oxygens (including phenoxy) is 1. The summed E-state index contributed by atoms with van der Waals surface area (Å²) in [7, 11) is 1.64.